The Kier molecular flexibility index (Phi) is 6.51. The number of aryl methyl sites for hydroxylation is 2. The van der Waals surface area contributed by atoms with Gasteiger partial charge in [-0.05, 0) is 66.6 Å². The summed E-state index contributed by atoms with van der Waals surface area (Å²) in [4.78, 5) is 11.7. The summed E-state index contributed by atoms with van der Waals surface area (Å²) in [7, 11) is 1.39. The van der Waals surface area contributed by atoms with Crippen molar-refractivity contribution < 1.29 is 14.3 Å². The molecule has 1 atom stereocenters. The van der Waals surface area contributed by atoms with Crippen LogP contribution in [0.2, 0.25) is 0 Å². The van der Waals surface area contributed by atoms with Crippen LogP contribution in [-0.4, -0.2) is 13.1 Å². The summed E-state index contributed by atoms with van der Waals surface area (Å²) in [6.07, 6.45) is 0.764. The predicted octanol–water partition coefficient (Wildman–Crippen LogP) is 6.41. The number of halogens is 1. The van der Waals surface area contributed by atoms with Crippen molar-refractivity contribution in [2.45, 2.75) is 47.1 Å². The predicted molar refractivity (Wildman–Crippen MR) is 109 cm³/mol. The lowest BCUT2D eigenvalue weighted by Crippen LogP contribution is -2.17. The van der Waals surface area contributed by atoms with Crippen LogP contribution in [0.15, 0.2) is 40.9 Å². The summed E-state index contributed by atoms with van der Waals surface area (Å²) in [6, 6.07) is 11.6. The number of methoxy groups -OCH3 is 1. The molecule has 0 N–H and O–H groups in total. The van der Waals surface area contributed by atoms with Crippen LogP contribution in [0.1, 0.15) is 60.3 Å². The van der Waals surface area contributed by atoms with Crippen LogP contribution in [0.3, 0.4) is 0 Å². The zero-order valence-electron chi connectivity index (χ0n) is 16.4. The van der Waals surface area contributed by atoms with Crippen molar-refractivity contribution in [3.63, 3.8) is 0 Å². The van der Waals surface area contributed by atoms with E-state index in [2.05, 4.69) is 62.7 Å². The minimum absolute atomic E-state index is 0.0957. The average Bonchev–Trinajstić information content (AvgIpc) is 2.57. The van der Waals surface area contributed by atoms with E-state index in [1.165, 1.54) is 7.11 Å². The molecule has 0 aliphatic carbocycles. The third kappa shape index (κ3) is 5.34. The van der Waals surface area contributed by atoms with E-state index in [0.29, 0.717) is 5.56 Å². The third-order valence-corrected chi connectivity index (χ3v) is 5.44. The first kappa shape index (κ1) is 20.5. The molecule has 140 valence electrons. The van der Waals surface area contributed by atoms with Gasteiger partial charge in [-0.2, -0.15) is 0 Å². The highest BCUT2D eigenvalue weighted by Crippen LogP contribution is 2.35. The fourth-order valence-electron chi connectivity index (χ4n) is 2.87. The number of carbonyl (C=O) groups is 1. The lowest BCUT2D eigenvalue weighted by Gasteiger charge is -2.27. The summed E-state index contributed by atoms with van der Waals surface area (Å²) >= 11 is 3.60. The first-order valence-electron chi connectivity index (χ1n) is 8.72. The second-order valence-electron chi connectivity index (χ2n) is 7.86. The van der Waals surface area contributed by atoms with Crippen LogP contribution in [0.5, 0.6) is 5.75 Å². The molecule has 3 nitrogen and oxygen atoms in total. The smallest absolute Gasteiger partial charge is 0.337 e. The molecule has 0 aliphatic heterocycles. The van der Waals surface area contributed by atoms with Crippen LogP contribution >= 0.6 is 15.9 Å². The van der Waals surface area contributed by atoms with Crippen LogP contribution in [0.25, 0.3) is 0 Å². The third-order valence-electron chi connectivity index (χ3n) is 4.19. The highest BCUT2D eigenvalue weighted by Gasteiger charge is 2.23. The van der Waals surface area contributed by atoms with Crippen molar-refractivity contribution in [2.24, 2.45) is 5.41 Å². The fraction of sp³-hybridized carbons (Fsp3) is 0.409. The van der Waals surface area contributed by atoms with Gasteiger partial charge < -0.3 is 9.47 Å². The largest absolute Gasteiger partial charge is 0.486 e. The zero-order valence-corrected chi connectivity index (χ0v) is 17.9. The van der Waals surface area contributed by atoms with Gasteiger partial charge in [-0.25, -0.2) is 4.79 Å². The maximum Gasteiger partial charge on any atom is 0.337 e. The molecule has 2 rings (SSSR count). The molecular formula is C22H27BrO3. The van der Waals surface area contributed by atoms with Crippen LogP contribution in [-0.2, 0) is 4.74 Å². The number of hydrogen-bond acceptors (Lipinski definition) is 3. The molecule has 0 fully saturated rings. The molecule has 0 saturated heterocycles. The minimum Gasteiger partial charge on any atom is -0.486 e. The van der Waals surface area contributed by atoms with Crippen molar-refractivity contribution >= 4 is 21.9 Å². The van der Waals surface area contributed by atoms with Gasteiger partial charge in [0.05, 0.1) is 12.7 Å². The van der Waals surface area contributed by atoms with Crippen molar-refractivity contribution in [1.82, 2.24) is 0 Å². The fourth-order valence-corrected chi connectivity index (χ4v) is 3.10. The minimum atomic E-state index is -0.330. The molecule has 0 bridgehead atoms. The molecule has 2 aromatic rings. The van der Waals surface area contributed by atoms with E-state index in [-0.39, 0.29) is 17.5 Å². The number of esters is 1. The van der Waals surface area contributed by atoms with E-state index in [0.717, 1.165) is 33.3 Å². The maximum atomic E-state index is 11.7. The Bertz CT molecular complexity index is 750. The molecule has 1 unspecified atom stereocenters. The Morgan fingerprint density at radius 2 is 1.62 bits per heavy atom. The van der Waals surface area contributed by atoms with Crippen LogP contribution < -0.4 is 4.74 Å². The number of carbonyl (C=O) groups excluding carboxylic acids is 1. The Morgan fingerprint density at radius 1 is 1.08 bits per heavy atom. The normalized spacial score (nSPS) is 12.6. The van der Waals surface area contributed by atoms with E-state index >= 15 is 0 Å². The van der Waals surface area contributed by atoms with Gasteiger partial charge in [0.2, 0.25) is 0 Å². The molecular weight excluding hydrogens is 392 g/mol. The van der Waals surface area contributed by atoms with E-state index in [9.17, 15) is 4.79 Å². The van der Waals surface area contributed by atoms with E-state index in [4.69, 9.17) is 9.47 Å². The Hall–Kier alpha value is -1.81. The number of benzene rings is 2. The van der Waals surface area contributed by atoms with E-state index < -0.39 is 0 Å². The van der Waals surface area contributed by atoms with Crippen molar-refractivity contribution in [1.29, 1.82) is 0 Å². The molecule has 0 radical (unpaired) electrons. The molecule has 0 aromatic heterocycles. The van der Waals surface area contributed by atoms with Gasteiger partial charge in [-0.3, -0.25) is 0 Å². The number of rotatable bonds is 5. The first-order valence-corrected chi connectivity index (χ1v) is 9.51. The molecule has 0 heterocycles. The van der Waals surface area contributed by atoms with Crippen molar-refractivity contribution in [2.75, 3.05) is 7.11 Å². The molecule has 0 aliphatic rings. The SMILES string of the molecule is COC(=O)c1ccc(C(CC(C)(C)C)Oc2cc(C)c(Br)c(C)c2)cc1. The maximum absolute atomic E-state index is 11.7. The number of hydrogen-bond donors (Lipinski definition) is 0. The van der Waals surface area contributed by atoms with Gasteiger partial charge in [-0.15, -0.1) is 0 Å². The van der Waals surface area contributed by atoms with E-state index in [1.54, 1.807) is 12.1 Å². The van der Waals surface area contributed by atoms with Gasteiger partial charge in [0.15, 0.2) is 0 Å². The summed E-state index contributed by atoms with van der Waals surface area (Å²) in [5.41, 5.74) is 3.99. The lowest BCUT2D eigenvalue weighted by molar-refractivity contribution is 0.0600. The Morgan fingerprint density at radius 3 is 2.08 bits per heavy atom. The molecule has 0 spiro atoms. The molecule has 0 saturated carbocycles. The number of ether oxygens (including phenoxy) is 2. The first-order chi connectivity index (χ1) is 12.1. The topological polar surface area (TPSA) is 35.5 Å². The lowest BCUT2D eigenvalue weighted by atomic mass is 9.86. The molecule has 0 amide bonds. The zero-order chi connectivity index (χ0) is 19.5. The van der Waals surface area contributed by atoms with Gasteiger partial charge in [0.1, 0.15) is 11.9 Å². The second-order valence-corrected chi connectivity index (χ2v) is 8.65. The van der Waals surface area contributed by atoms with Gasteiger partial charge in [-0.1, -0.05) is 48.8 Å². The molecule has 2 aromatic carbocycles. The summed E-state index contributed by atoms with van der Waals surface area (Å²) in [5, 5.41) is 0. The van der Waals surface area contributed by atoms with Crippen molar-refractivity contribution in [3.05, 3.63) is 63.1 Å². The second kappa shape index (κ2) is 8.26. The summed E-state index contributed by atoms with van der Waals surface area (Å²) in [5.74, 6) is 0.526. The molecule has 4 heteroatoms. The van der Waals surface area contributed by atoms with Crippen LogP contribution in [0, 0.1) is 19.3 Å². The van der Waals surface area contributed by atoms with E-state index in [1.807, 2.05) is 12.1 Å². The van der Waals surface area contributed by atoms with Gasteiger partial charge >= 0.3 is 5.97 Å². The highest BCUT2D eigenvalue weighted by molar-refractivity contribution is 9.10. The average molecular weight is 419 g/mol. The Balaban J connectivity index is 2.33. The van der Waals surface area contributed by atoms with Gasteiger partial charge in [0.25, 0.3) is 0 Å². The van der Waals surface area contributed by atoms with Crippen LogP contribution in [0.4, 0.5) is 0 Å². The Labute approximate surface area is 164 Å². The van der Waals surface area contributed by atoms with Gasteiger partial charge in [0, 0.05) is 4.47 Å². The highest BCUT2D eigenvalue weighted by atomic mass is 79.9. The summed E-state index contributed by atoms with van der Waals surface area (Å²) in [6.45, 7) is 10.7. The van der Waals surface area contributed by atoms with Crippen molar-refractivity contribution in [3.8, 4) is 5.75 Å². The standard InChI is InChI=1S/C22H27BrO3/c1-14-11-18(12-15(2)20(14)23)26-19(13-22(3,4)5)16-7-9-17(10-8-16)21(24)25-6/h7-12,19H,13H2,1-6H3. The summed E-state index contributed by atoms with van der Waals surface area (Å²) < 4.78 is 12.3. The quantitative estimate of drug-likeness (QED) is 0.526. The molecule has 26 heavy (non-hydrogen) atoms. The monoisotopic (exact) mass is 418 g/mol.